The summed E-state index contributed by atoms with van der Waals surface area (Å²) in [6.07, 6.45) is 0.579. The number of aliphatic hydroxyl groups excluding tert-OH is 2. The van der Waals surface area contributed by atoms with Crippen LogP contribution in [0, 0.1) is 12.8 Å². The first-order valence-corrected chi connectivity index (χ1v) is 9.77. The van der Waals surface area contributed by atoms with E-state index in [9.17, 15) is 10.2 Å². The van der Waals surface area contributed by atoms with E-state index in [2.05, 4.69) is 23.3 Å². The van der Waals surface area contributed by atoms with E-state index in [-0.39, 0.29) is 12.0 Å². The lowest BCUT2D eigenvalue weighted by atomic mass is 9.95. The van der Waals surface area contributed by atoms with Crippen LogP contribution in [-0.4, -0.2) is 50.2 Å². The lowest BCUT2D eigenvalue weighted by molar-refractivity contribution is 0.0192. The third kappa shape index (κ3) is 3.61. The van der Waals surface area contributed by atoms with Gasteiger partial charge in [-0.05, 0) is 50.8 Å². The summed E-state index contributed by atoms with van der Waals surface area (Å²) in [5.41, 5.74) is 3.12. The molecule has 0 saturated heterocycles. The minimum atomic E-state index is -0.872. The van der Waals surface area contributed by atoms with Gasteiger partial charge in [-0.15, -0.1) is 0 Å². The van der Waals surface area contributed by atoms with Crippen molar-refractivity contribution in [2.24, 2.45) is 5.92 Å². The second-order valence-electron chi connectivity index (χ2n) is 8.15. The van der Waals surface area contributed by atoms with Crippen LogP contribution in [0.3, 0.4) is 0 Å². The van der Waals surface area contributed by atoms with Gasteiger partial charge in [0.15, 0.2) is 5.65 Å². The number of hydrogen-bond acceptors (Lipinski definition) is 6. The molecule has 0 amide bonds. The van der Waals surface area contributed by atoms with E-state index in [0.29, 0.717) is 17.9 Å². The van der Waals surface area contributed by atoms with E-state index in [1.807, 2.05) is 44.2 Å². The summed E-state index contributed by atoms with van der Waals surface area (Å²) in [5.74, 6) is 0.500. The largest absolute Gasteiger partial charge is 0.390 e. The van der Waals surface area contributed by atoms with E-state index >= 15 is 0 Å². The number of nitrogens with one attached hydrogen (secondary N) is 1. The first-order valence-electron chi connectivity index (χ1n) is 9.77. The third-order valence-electron chi connectivity index (χ3n) is 5.86. The van der Waals surface area contributed by atoms with Gasteiger partial charge in [0.25, 0.3) is 0 Å². The molecule has 2 aromatic heterocycles. The van der Waals surface area contributed by atoms with Crippen LogP contribution in [0.15, 0.2) is 42.6 Å². The summed E-state index contributed by atoms with van der Waals surface area (Å²) in [4.78, 5) is 4.41. The number of aromatic nitrogens is 3. The van der Waals surface area contributed by atoms with Crippen LogP contribution in [0.2, 0.25) is 0 Å². The summed E-state index contributed by atoms with van der Waals surface area (Å²) in [5, 5.41) is 28.3. The maximum atomic E-state index is 10.3. The number of fused-ring (bicyclic) bond motifs is 1. The Bertz CT molecular complexity index is 1020. The van der Waals surface area contributed by atoms with E-state index in [4.69, 9.17) is 9.84 Å². The second-order valence-corrected chi connectivity index (χ2v) is 8.15. The summed E-state index contributed by atoms with van der Waals surface area (Å²) in [7, 11) is 1.70. The van der Waals surface area contributed by atoms with Gasteiger partial charge in [-0.25, -0.2) is 4.98 Å². The minimum Gasteiger partial charge on any atom is -0.390 e. The number of ether oxygens (including phenoxy) is 1. The van der Waals surface area contributed by atoms with Crippen LogP contribution in [0.1, 0.15) is 25.8 Å². The van der Waals surface area contributed by atoms with Gasteiger partial charge in [0.1, 0.15) is 11.9 Å². The van der Waals surface area contributed by atoms with E-state index in [1.165, 1.54) is 0 Å². The van der Waals surface area contributed by atoms with Crippen molar-refractivity contribution in [2.75, 3.05) is 12.4 Å². The van der Waals surface area contributed by atoms with Crippen LogP contribution in [0.5, 0.6) is 0 Å². The smallest absolute Gasteiger partial charge is 0.157 e. The van der Waals surface area contributed by atoms with Crippen LogP contribution in [0.25, 0.3) is 16.9 Å². The van der Waals surface area contributed by atoms with Crippen LogP contribution in [-0.2, 0) is 10.3 Å². The molecule has 3 N–H and O–H groups in total. The maximum absolute atomic E-state index is 10.3. The van der Waals surface area contributed by atoms with Crippen molar-refractivity contribution in [3.05, 3.63) is 55.1 Å². The molecule has 1 saturated carbocycles. The van der Waals surface area contributed by atoms with Crippen molar-refractivity contribution in [1.82, 2.24) is 14.6 Å². The fourth-order valence-corrected chi connectivity index (χ4v) is 3.77. The predicted octanol–water partition coefficient (Wildman–Crippen LogP) is 2.63. The Morgan fingerprint density at radius 3 is 2.69 bits per heavy atom. The Labute approximate surface area is 170 Å². The minimum absolute atomic E-state index is 0.208. The molecule has 7 heteroatoms. The molecule has 29 heavy (non-hydrogen) atoms. The van der Waals surface area contributed by atoms with Gasteiger partial charge in [0.05, 0.1) is 23.4 Å². The molecule has 1 aliphatic carbocycles. The van der Waals surface area contributed by atoms with Gasteiger partial charge < -0.3 is 20.3 Å². The molecule has 153 valence electrons. The molecule has 7 nitrogen and oxygen atoms in total. The molecule has 1 fully saturated rings. The number of nitrogens with zero attached hydrogens (tertiary/aromatic N) is 3. The number of aliphatic hydroxyl groups is 2. The van der Waals surface area contributed by atoms with Gasteiger partial charge in [0, 0.05) is 24.9 Å². The molecular weight excluding hydrogens is 368 g/mol. The first kappa shape index (κ1) is 19.8. The van der Waals surface area contributed by atoms with Gasteiger partial charge in [-0.1, -0.05) is 18.2 Å². The third-order valence-corrected chi connectivity index (χ3v) is 5.86. The van der Waals surface area contributed by atoms with Crippen molar-refractivity contribution in [3.63, 3.8) is 0 Å². The van der Waals surface area contributed by atoms with Crippen LogP contribution >= 0.6 is 0 Å². The van der Waals surface area contributed by atoms with E-state index in [1.54, 1.807) is 17.8 Å². The van der Waals surface area contributed by atoms with E-state index < -0.39 is 17.8 Å². The second kappa shape index (κ2) is 7.40. The zero-order chi connectivity index (χ0) is 20.8. The SMILES string of the molecule is [CH2][C@@H]1C[C@@H](Nc2ccnc3cc(-c4cccc(C(C)(C)OC)c4)nn23)[C@H](O)[C@@H]1O. The molecule has 1 aliphatic rings. The molecular formula is C22H27N4O3. The fraction of sp³-hybridized carbons (Fsp3) is 0.409. The molecule has 1 aromatic carbocycles. The molecule has 2 heterocycles. The van der Waals surface area contributed by atoms with Crippen molar-refractivity contribution in [2.45, 2.75) is 44.1 Å². The average Bonchev–Trinajstić information content (AvgIpc) is 3.26. The number of rotatable bonds is 5. The quantitative estimate of drug-likeness (QED) is 0.615. The normalized spacial score (nSPS) is 24.9. The fourth-order valence-electron chi connectivity index (χ4n) is 3.77. The molecule has 0 bridgehead atoms. The molecule has 4 rings (SSSR count). The highest BCUT2D eigenvalue weighted by Gasteiger charge is 2.39. The highest BCUT2D eigenvalue weighted by molar-refractivity contribution is 5.66. The molecule has 3 aromatic rings. The molecule has 1 radical (unpaired) electrons. The zero-order valence-corrected chi connectivity index (χ0v) is 16.9. The molecule has 0 aliphatic heterocycles. The summed E-state index contributed by atoms with van der Waals surface area (Å²) in [6.45, 7) is 7.96. The van der Waals surface area contributed by atoms with Gasteiger partial charge in [-0.3, -0.25) is 0 Å². The predicted molar refractivity (Wildman–Crippen MR) is 111 cm³/mol. The number of methoxy groups -OCH3 is 1. The Morgan fingerprint density at radius 1 is 1.21 bits per heavy atom. The highest BCUT2D eigenvalue weighted by atomic mass is 16.5. The zero-order valence-electron chi connectivity index (χ0n) is 16.9. The average molecular weight is 395 g/mol. The van der Waals surface area contributed by atoms with Crippen LogP contribution in [0.4, 0.5) is 5.82 Å². The Kier molecular flexibility index (Phi) is 5.06. The van der Waals surface area contributed by atoms with Crippen molar-refractivity contribution in [1.29, 1.82) is 0 Å². The molecule has 0 unspecified atom stereocenters. The lowest BCUT2D eigenvalue weighted by Gasteiger charge is -2.23. The summed E-state index contributed by atoms with van der Waals surface area (Å²) in [6, 6.07) is 11.6. The Morgan fingerprint density at radius 2 is 2.00 bits per heavy atom. The molecule has 4 atom stereocenters. The van der Waals surface area contributed by atoms with Gasteiger partial charge >= 0.3 is 0 Å². The summed E-state index contributed by atoms with van der Waals surface area (Å²) >= 11 is 0. The number of benzene rings is 1. The van der Waals surface area contributed by atoms with Gasteiger partial charge in [-0.2, -0.15) is 9.61 Å². The first-order chi connectivity index (χ1) is 13.8. The maximum Gasteiger partial charge on any atom is 0.157 e. The summed E-state index contributed by atoms with van der Waals surface area (Å²) < 4.78 is 7.32. The lowest BCUT2D eigenvalue weighted by Crippen LogP contribution is -2.35. The molecule has 0 spiro atoms. The van der Waals surface area contributed by atoms with E-state index in [0.717, 1.165) is 16.8 Å². The van der Waals surface area contributed by atoms with Crippen molar-refractivity contribution >= 4 is 11.5 Å². The number of hydrogen-bond donors (Lipinski definition) is 3. The van der Waals surface area contributed by atoms with Crippen molar-refractivity contribution in [3.8, 4) is 11.3 Å². The topological polar surface area (TPSA) is 91.9 Å². The highest BCUT2D eigenvalue weighted by Crippen LogP contribution is 2.30. The standard InChI is InChI=1S/C22H27N4O3/c1-13-10-17(21(28)20(13)27)24-18-8-9-23-19-12-16(25-26(18)19)14-6-5-7-15(11-14)22(2,3)29-4/h5-9,11-13,17,20-21,24,27-28H,1,10H2,2-4H3/t13-,17-,20-,21+/m1/s1. The van der Waals surface area contributed by atoms with Crippen LogP contribution < -0.4 is 5.32 Å². The van der Waals surface area contributed by atoms with Crippen molar-refractivity contribution < 1.29 is 14.9 Å². The number of anilines is 1. The van der Waals surface area contributed by atoms with Gasteiger partial charge in [0.2, 0.25) is 0 Å². The Hall–Kier alpha value is -2.48. The Balaban J connectivity index is 1.68. The monoisotopic (exact) mass is 395 g/mol.